The highest BCUT2D eigenvalue weighted by atomic mass is 32.1. The molecule has 3 unspecified atom stereocenters. The fourth-order valence-electron chi connectivity index (χ4n) is 2.10. The molecule has 1 aromatic carbocycles. The zero-order valence-corrected chi connectivity index (χ0v) is 13.2. The summed E-state index contributed by atoms with van der Waals surface area (Å²) >= 11 is 4.93. The molecule has 0 saturated heterocycles. The number of hydrogen-bond donors (Lipinski definition) is 2. The zero-order chi connectivity index (χ0) is 15.1. The van der Waals surface area contributed by atoms with Crippen molar-refractivity contribution in [3.8, 4) is 0 Å². The van der Waals surface area contributed by atoms with Gasteiger partial charge in [0.1, 0.15) is 0 Å². The summed E-state index contributed by atoms with van der Waals surface area (Å²) in [5.41, 5.74) is 6.63. The summed E-state index contributed by atoms with van der Waals surface area (Å²) in [6.45, 7) is 6.62. The highest BCUT2D eigenvalue weighted by molar-refractivity contribution is 7.80. The number of nitrogens with two attached hydrogens (primary N) is 1. The Kier molecular flexibility index (Phi) is 6.65. The van der Waals surface area contributed by atoms with Crippen LogP contribution in [0.5, 0.6) is 0 Å². The monoisotopic (exact) mass is 292 g/mol. The Labute approximate surface area is 126 Å². The Morgan fingerprint density at radius 1 is 1.30 bits per heavy atom. The summed E-state index contributed by atoms with van der Waals surface area (Å²) in [6, 6.07) is 9.91. The van der Waals surface area contributed by atoms with Crippen molar-refractivity contribution in [1.82, 2.24) is 5.32 Å². The second kappa shape index (κ2) is 8.00. The molecule has 3 atom stereocenters. The van der Waals surface area contributed by atoms with Crippen molar-refractivity contribution in [3.05, 3.63) is 35.9 Å². The van der Waals surface area contributed by atoms with E-state index in [0.717, 1.165) is 12.0 Å². The molecule has 0 saturated carbocycles. The topological polar surface area (TPSA) is 55.1 Å². The van der Waals surface area contributed by atoms with Gasteiger partial charge >= 0.3 is 0 Å². The van der Waals surface area contributed by atoms with Crippen molar-refractivity contribution in [2.24, 2.45) is 17.6 Å². The summed E-state index contributed by atoms with van der Waals surface area (Å²) in [5.74, 6) is 0.230. The van der Waals surface area contributed by atoms with Gasteiger partial charge in [0.05, 0.1) is 10.9 Å². The van der Waals surface area contributed by atoms with E-state index < -0.39 is 0 Å². The van der Waals surface area contributed by atoms with Crippen molar-refractivity contribution in [2.45, 2.75) is 33.1 Å². The molecule has 1 amide bonds. The maximum absolute atomic E-state index is 12.5. The van der Waals surface area contributed by atoms with Crippen LogP contribution in [0, 0.1) is 11.8 Å². The molecule has 0 aromatic heterocycles. The van der Waals surface area contributed by atoms with Gasteiger partial charge in [0.2, 0.25) is 5.91 Å². The molecule has 0 spiro atoms. The average molecular weight is 292 g/mol. The smallest absolute Gasteiger partial charge is 0.227 e. The summed E-state index contributed by atoms with van der Waals surface area (Å²) < 4.78 is 0. The van der Waals surface area contributed by atoms with Crippen LogP contribution in [0.4, 0.5) is 0 Å². The standard InChI is InChI=1S/C16H24N2OS/c1-4-11(2)14(13-8-6-5-7-9-13)16(19)18-10-12(3)15(17)20/h5-9,11-12,14H,4,10H2,1-3H3,(H2,17,20)(H,18,19). The lowest BCUT2D eigenvalue weighted by Gasteiger charge is -2.23. The Balaban J connectivity index is 2.79. The van der Waals surface area contributed by atoms with Crippen molar-refractivity contribution >= 4 is 23.1 Å². The van der Waals surface area contributed by atoms with Gasteiger partial charge < -0.3 is 11.1 Å². The second-order valence-electron chi connectivity index (χ2n) is 5.32. The van der Waals surface area contributed by atoms with E-state index in [-0.39, 0.29) is 23.7 Å². The third-order valence-corrected chi connectivity index (χ3v) is 4.12. The van der Waals surface area contributed by atoms with Crippen LogP contribution in [0.1, 0.15) is 38.7 Å². The molecule has 0 aliphatic heterocycles. The second-order valence-corrected chi connectivity index (χ2v) is 5.79. The van der Waals surface area contributed by atoms with Crippen molar-refractivity contribution in [1.29, 1.82) is 0 Å². The van der Waals surface area contributed by atoms with E-state index in [1.165, 1.54) is 0 Å². The maximum atomic E-state index is 12.5. The Bertz CT molecular complexity index is 447. The van der Waals surface area contributed by atoms with Crippen molar-refractivity contribution in [2.75, 3.05) is 6.54 Å². The van der Waals surface area contributed by atoms with Gasteiger partial charge in [-0.1, -0.05) is 69.7 Å². The van der Waals surface area contributed by atoms with Gasteiger partial charge in [0, 0.05) is 12.5 Å². The highest BCUT2D eigenvalue weighted by Gasteiger charge is 2.25. The largest absolute Gasteiger partial charge is 0.393 e. The first kappa shape index (κ1) is 16.6. The minimum Gasteiger partial charge on any atom is -0.393 e. The average Bonchev–Trinajstić information content (AvgIpc) is 2.45. The highest BCUT2D eigenvalue weighted by Crippen LogP contribution is 2.27. The molecule has 3 N–H and O–H groups in total. The maximum Gasteiger partial charge on any atom is 0.227 e. The van der Waals surface area contributed by atoms with Crippen LogP contribution in [0.25, 0.3) is 0 Å². The van der Waals surface area contributed by atoms with Gasteiger partial charge in [0.25, 0.3) is 0 Å². The van der Waals surface area contributed by atoms with E-state index in [1.807, 2.05) is 37.3 Å². The molecule has 110 valence electrons. The first-order valence-corrected chi connectivity index (χ1v) is 7.50. The van der Waals surface area contributed by atoms with Crippen LogP contribution >= 0.6 is 12.2 Å². The van der Waals surface area contributed by atoms with Gasteiger partial charge in [-0.05, 0) is 11.5 Å². The number of amides is 1. The number of carbonyl (C=O) groups is 1. The van der Waals surface area contributed by atoms with Crippen LogP contribution in [0.2, 0.25) is 0 Å². The molecule has 0 radical (unpaired) electrons. The van der Waals surface area contributed by atoms with Crippen LogP contribution < -0.4 is 11.1 Å². The SMILES string of the molecule is CCC(C)C(C(=O)NCC(C)C(N)=S)c1ccccc1. The Morgan fingerprint density at radius 2 is 1.90 bits per heavy atom. The van der Waals surface area contributed by atoms with E-state index in [4.69, 9.17) is 18.0 Å². The van der Waals surface area contributed by atoms with Crippen LogP contribution in [0.15, 0.2) is 30.3 Å². The molecular weight excluding hydrogens is 268 g/mol. The van der Waals surface area contributed by atoms with E-state index in [9.17, 15) is 4.79 Å². The number of carbonyl (C=O) groups excluding carboxylic acids is 1. The first-order valence-electron chi connectivity index (χ1n) is 7.09. The van der Waals surface area contributed by atoms with E-state index in [1.54, 1.807) is 0 Å². The minimum absolute atomic E-state index is 0.0160. The van der Waals surface area contributed by atoms with Gasteiger partial charge in [-0.15, -0.1) is 0 Å². The number of hydrogen-bond acceptors (Lipinski definition) is 2. The van der Waals surface area contributed by atoms with Crippen LogP contribution in [-0.2, 0) is 4.79 Å². The third-order valence-electron chi connectivity index (χ3n) is 3.72. The molecule has 0 heterocycles. The summed E-state index contributed by atoms with van der Waals surface area (Å²) in [6.07, 6.45) is 0.956. The van der Waals surface area contributed by atoms with Gasteiger partial charge in [-0.3, -0.25) is 4.79 Å². The first-order chi connectivity index (χ1) is 9.47. The van der Waals surface area contributed by atoms with Crippen molar-refractivity contribution in [3.63, 3.8) is 0 Å². The predicted octanol–water partition coefficient (Wildman–Crippen LogP) is 2.85. The molecule has 0 bridgehead atoms. The number of thiocarbonyl (C=S) groups is 1. The van der Waals surface area contributed by atoms with Crippen molar-refractivity contribution < 1.29 is 4.79 Å². The Hall–Kier alpha value is -1.42. The zero-order valence-electron chi connectivity index (χ0n) is 12.4. The summed E-state index contributed by atoms with van der Waals surface area (Å²) in [7, 11) is 0. The molecular formula is C16H24N2OS. The number of benzene rings is 1. The minimum atomic E-state index is -0.125. The molecule has 3 nitrogen and oxygen atoms in total. The molecule has 1 aromatic rings. The molecule has 4 heteroatoms. The van der Waals surface area contributed by atoms with Crippen LogP contribution in [-0.4, -0.2) is 17.4 Å². The fraction of sp³-hybridized carbons (Fsp3) is 0.500. The fourth-order valence-corrected chi connectivity index (χ4v) is 2.18. The van der Waals surface area contributed by atoms with Crippen LogP contribution in [0.3, 0.4) is 0 Å². The lowest BCUT2D eigenvalue weighted by Crippen LogP contribution is -2.38. The molecule has 1 rings (SSSR count). The Morgan fingerprint density at radius 3 is 2.40 bits per heavy atom. The molecule has 0 aliphatic carbocycles. The quantitative estimate of drug-likeness (QED) is 0.760. The normalized spacial score (nSPS) is 15.2. The van der Waals surface area contributed by atoms with E-state index in [0.29, 0.717) is 11.5 Å². The van der Waals surface area contributed by atoms with E-state index >= 15 is 0 Å². The summed E-state index contributed by atoms with van der Waals surface area (Å²) in [4.78, 5) is 12.9. The molecule has 0 fully saturated rings. The van der Waals surface area contributed by atoms with Gasteiger partial charge in [0.15, 0.2) is 0 Å². The lowest BCUT2D eigenvalue weighted by molar-refractivity contribution is -0.123. The van der Waals surface area contributed by atoms with Gasteiger partial charge in [-0.2, -0.15) is 0 Å². The summed E-state index contributed by atoms with van der Waals surface area (Å²) in [5, 5.41) is 2.97. The third kappa shape index (κ3) is 4.60. The number of rotatable bonds is 7. The molecule has 0 aliphatic rings. The van der Waals surface area contributed by atoms with E-state index in [2.05, 4.69) is 19.2 Å². The van der Waals surface area contributed by atoms with Gasteiger partial charge in [-0.25, -0.2) is 0 Å². The predicted molar refractivity (Wildman–Crippen MR) is 87.6 cm³/mol. The number of nitrogens with one attached hydrogen (secondary N) is 1. The lowest BCUT2D eigenvalue weighted by atomic mass is 9.85. The molecule has 20 heavy (non-hydrogen) atoms.